The number of hydrogen-bond donors (Lipinski definition) is 1. The fourth-order valence-corrected chi connectivity index (χ4v) is 2.39. The van der Waals surface area contributed by atoms with E-state index in [9.17, 15) is 0 Å². The topological polar surface area (TPSA) is 36.4 Å². The van der Waals surface area contributed by atoms with Crippen molar-refractivity contribution in [2.75, 3.05) is 19.7 Å². The maximum absolute atomic E-state index is 9.16. The first-order chi connectivity index (χ1) is 7.78. The van der Waals surface area contributed by atoms with Gasteiger partial charge in [0.1, 0.15) is 5.15 Å². The van der Waals surface area contributed by atoms with E-state index in [1.807, 2.05) is 12.1 Å². The number of nitrogens with zero attached hydrogens (tertiary/aromatic N) is 2. The van der Waals surface area contributed by atoms with Gasteiger partial charge in [0, 0.05) is 19.7 Å². The largest absolute Gasteiger partial charge is 0.396 e. The quantitative estimate of drug-likeness (QED) is 0.821. The van der Waals surface area contributed by atoms with Gasteiger partial charge in [0.25, 0.3) is 0 Å². The predicted octanol–water partition coefficient (Wildman–Crippen LogP) is 1.94. The molecule has 1 aromatic heterocycles. The molecule has 3 nitrogen and oxygen atoms in total. The van der Waals surface area contributed by atoms with Crippen molar-refractivity contribution in [2.24, 2.45) is 5.92 Å². The monoisotopic (exact) mass is 240 g/mol. The molecule has 1 aliphatic heterocycles. The fourth-order valence-electron chi connectivity index (χ4n) is 2.21. The van der Waals surface area contributed by atoms with Crippen LogP contribution in [0.3, 0.4) is 0 Å². The molecule has 0 amide bonds. The van der Waals surface area contributed by atoms with E-state index in [-0.39, 0.29) is 0 Å². The summed E-state index contributed by atoms with van der Waals surface area (Å²) in [5.41, 5.74) is 1.01. The van der Waals surface area contributed by atoms with E-state index in [4.69, 9.17) is 16.7 Å². The van der Waals surface area contributed by atoms with Gasteiger partial charge in [0.2, 0.25) is 0 Å². The number of rotatable bonds is 3. The lowest BCUT2D eigenvalue weighted by Crippen LogP contribution is -2.36. The molecular formula is C12H17ClN2O. The van der Waals surface area contributed by atoms with Crippen LogP contribution in [0.2, 0.25) is 5.15 Å². The van der Waals surface area contributed by atoms with Gasteiger partial charge in [0.05, 0.1) is 5.69 Å². The minimum absolute atomic E-state index is 0.291. The molecule has 4 heteroatoms. The molecule has 1 aliphatic rings. The third kappa shape index (κ3) is 3.17. The zero-order valence-corrected chi connectivity index (χ0v) is 10.0. The summed E-state index contributed by atoms with van der Waals surface area (Å²) in [7, 11) is 0. The Bertz CT molecular complexity index is 346. The minimum atomic E-state index is 0.291. The number of pyridine rings is 1. The molecule has 1 fully saturated rings. The number of aromatic nitrogens is 1. The van der Waals surface area contributed by atoms with Crippen LogP contribution in [-0.2, 0) is 6.54 Å². The van der Waals surface area contributed by atoms with Crippen LogP contribution in [0.1, 0.15) is 18.5 Å². The first-order valence-corrected chi connectivity index (χ1v) is 6.10. The molecular weight excluding hydrogens is 224 g/mol. The maximum Gasteiger partial charge on any atom is 0.129 e. The standard InChI is InChI=1S/C12H17ClN2O/c13-12-5-1-4-11(14-12)8-15-6-2-3-10(7-15)9-16/h1,4-5,10,16H,2-3,6-9H2. The third-order valence-electron chi connectivity index (χ3n) is 3.02. The second kappa shape index (κ2) is 5.62. The molecule has 1 unspecified atom stereocenters. The highest BCUT2D eigenvalue weighted by Crippen LogP contribution is 2.17. The SMILES string of the molecule is OCC1CCCN(Cc2cccc(Cl)n2)C1. The smallest absolute Gasteiger partial charge is 0.129 e. The second-order valence-electron chi connectivity index (χ2n) is 4.38. The zero-order valence-electron chi connectivity index (χ0n) is 9.27. The van der Waals surface area contributed by atoms with Crippen LogP contribution >= 0.6 is 11.6 Å². The molecule has 1 aromatic rings. The van der Waals surface area contributed by atoms with Crippen molar-refractivity contribution in [3.8, 4) is 0 Å². The minimum Gasteiger partial charge on any atom is -0.396 e. The van der Waals surface area contributed by atoms with Gasteiger partial charge in [-0.2, -0.15) is 0 Å². The molecule has 2 rings (SSSR count). The highest BCUT2D eigenvalue weighted by atomic mass is 35.5. The number of hydrogen-bond acceptors (Lipinski definition) is 3. The lowest BCUT2D eigenvalue weighted by atomic mass is 9.99. The molecule has 16 heavy (non-hydrogen) atoms. The molecule has 0 aliphatic carbocycles. The fraction of sp³-hybridized carbons (Fsp3) is 0.583. The third-order valence-corrected chi connectivity index (χ3v) is 3.23. The maximum atomic E-state index is 9.16. The molecule has 0 radical (unpaired) electrons. The van der Waals surface area contributed by atoms with E-state index >= 15 is 0 Å². The van der Waals surface area contributed by atoms with Gasteiger partial charge in [-0.05, 0) is 37.4 Å². The first-order valence-electron chi connectivity index (χ1n) is 5.72. The van der Waals surface area contributed by atoms with E-state index < -0.39 is 0 Å². The predicted molar refractivity (Wildman–Crippen MR) is 64.3 cm³/mol. The summed E-state index contributed by atoms with van der Waals surface area (Å²) in [5.74, 6) is 0.424. The normalized spacial score (nSPS) is 22.2. The Morgan fingerprint density at radius 2 is 2.38 bits per heavy atom. The van der Waals surface area contributed by atoms with Gasteiger partial charge in [0.15, 0.2) is 0 Å². The Hall–Kier alpha value is -0.640. The Morgan fingerprint density at radius 1 is 1.50 bits per heavy atom. The lowest BCUT2D eigenvalue weighted by molar-refractivity contribution is 0.115. The molecule has 1 atom stereocenters. The first kappa shape index (κ1) is 11.8. The summed E-state index contributed by atoms with van der Waals surface area (Å²) < 4.78 is 0. The van der Waals surface area contributed by atoms with Crippen molar-refractivity contribution in [3.63, 3.8) is 0 Å². The van der Waals surface area contributed by atoms with Gasteiger partial charge in [-0.3, -0.25) is 4.90 Å². The Balaban J connectivity index is 1.94. The summed E-state index contributed by atoms with van der Waals surface area (Å²) in [6, 6.07) is 5.71. The van der Waals surface area contributed by atoms with Gasteiger partial charge in [-0.15, -0.1) is 0 Å². The average Bonchev–Trinajstić information content (AvgIpc) is 2.29. The van der Waals surface area contributed by atoms with Crippen molar-refractivity contribution in [2.45, 2.75) is 19.4 Å². The Labute approximate surface area is 101 Å². The highest BCUT2D eigenvalue weighted by Gasteiger charge is 2.19. The van der Waals surface area contributed by atoms with Gasteiger partial charge >= 0.3 is 0 Å². The highest BCUT2D eigenvalue weighted by molar-refractivity contribution is 6.29. The lowest BCUT2D eigenvalue weighted by Gasteiger charge is -2.31. The van der Waals surface area contributed by atoms with Crippen molar-refractivity contribution in [1.82, 2.24) is 9.88 Å². The van der Waals surface area contributed by atoms with Crippen LogP contribution in [0.25, 0.3) is 0 Å². The molecule has 2 heterocycles. The second-order valence-corrected chi connectivity index (χ2v) is 4.76. The zero-order chi connectivity index (χ0) is 11.4. The van der Waals surface area contributed by atoms with Crippen LogP contribution in [0.15, 0.2) is 18.2 Å². The number of aliphatic hydroxyl groups excluding tert-OH is 1. The van der Waals surface area contributed by atoms with Gasteiger partial charge < -0.3 is 5.11 Å². The van der Waals surface area contributed by atoms with Gasteiger partial charge in [-0.1, -0.05) is 17.7 Å². The van der Waals surface area contributed by atoms with E-state index in [0.29, 0.717) is 17.7 Å². The number of halogens is 1. The molecule has 88 valence electrons. The molecule has 0 spiro atoms. The van der Waals surface area contributed by atoms with Crippen LogP contribution in [0.4, 0.5) is 0 Å². The average molecular weight is 241 g/mol. The number of likely N-dealkylation sites (tertiary alicyclic amines) is 1. The van der Waals surface area contributed by atoms with Crippen LogP contribution in [0.5, 0.6) is 0 Å². The van der Waals surface area contributed by atoms with Gasteiger partial charge in [-0.25, -0.2) is 4.98 Å². The molecule has 1 N–H and O–H groups in total. The molecule has 0 bridgehead atoms. The summed E-state index contributed by atoms with van der Waals surface area (Å²) in [6.07, 6.45) is 2.29. The summed E-state index contributed by atoms with van der Waals surface area (Å²) in [6.45, 7) is 3.17. The molecule has 1 saturated heterocycles. The summed E-state index contributed by atoms with van der Waals surface area (Å²) in [4.78, 5) is 6.62. The van der Waals surface area contributed by atoms with E-state index in [2.05, 4.69) is 9.88 Å². The molecule has 0 aromatic carbocycles. The number of aliphatic hydroxyl groups is 1. The van der Waals surface area contributed by atoms with Crippen molar-refractivity contribution >= 4 is 11.6 Å². The van der Waals surface area contributed by atoms with Crippen molar-refractivity contribution < 1.29 is 5.11 Å². The van der Waals surface area contributed by atoms with E-state index in [1.54, 1.807) is 6.07 Å². The van der Waals surface area contributed by atoms with E-state index in [0.717, 1.165) is 38.2 Å². The van der Waals surface area contributed by atoms with Crippen LogP contribution in [-0.4, -0.2) is 34.7 Å². The molecule has 0 saturated carbocycles. The van der Waals surface area contributed by atoms with E-state index in [1.165, 1.54) is 0 Å². The summed E-state index contributed by atoms with van der Waals surface area (Å²) >= 11 is 5.85. The Morgan fingerprint density at radius 3 is 3.12 bits per heavy atom. The number of piperidine rings is 1. The Kier molecular flexibility index (Phi) is 4.16. The van der Waals surface area contributed by atoms with Crippen LogP contribution < -0.4 is 0 Å². The van der Waals surface area contributed by atoms with Crippen molar-refractivity contribution in [3.05, 3.63) is 29.0 Å². The summed E-state index contributed by atoms with van der Waals surface area (Å²) in [5, 5.41) is 9.70. The van der Waals surface area contributed by atoms with Crippen molar-refractivity contribution in [1.29, 1.82) is 0 Å². The van der Waals surface area contributed by atoms with Crippen LogP contribution in [0, 0.1) is 5.92 Å².